The van der Waals surface area contributed by atoms with Crippen molar-refractivity contribution in [2.75, 3.05) is 5.32 Å². The zero-order chi connectivity index (χ0) is 15.0. The summed E-state index contributed by atoms with van der Waals surface area (Å²) in [6.45, 7) is 1.74. The van der Waals surface area contributed by atoms with Gasteiger partial charge >= 0.3 is 5.63 Å². The third-order valence-electron chi connectivity index (χ3n) is 3.75. The summed E-state index contributed by atoms with van der Waals surface area (Å²) in [6.07, 6.45) is 4.78. The standard InChI is InChI=1S/C14H16N4O3/c1-8-6-10(9-4-3-5-9)21-14(20)12(8)13(19)15-11-7-18(2)17-16-11/h6-7,9H,3-5H2,1-2H3,(H,15,19). The molecule has 1 N–H and O–H groups in total. The number of hydrogen-bond acceptors (Lipinski definition) is 5. The molecule has 110 valence electrons. The number of aromatic nitrogens is 3. The summed E-state index contributed by atoms with van der Waals surface area (Å²) in [5.74, 6) is 0.764. The predicted molar refractivity (Wildman–Crippen MR) is 75.3 cm³/mol. The lowest BCUT2D eigenvalue weighted by Crippen LogP contribution is -2.24. The van der Waals surface area contributed by atoms with Crippen LogP contribution in [0.15, 0.2) is 21.5 Å². The molecule has 0 radical (unpaired) electrons. The molecule has 7 nitrogen and oxygen atoms in total. The van der Waals surface area contributed by atoms with E-state index in [9.17, 15) is 9.59 Å². The fourth-order valence-corrected chi connectivity index (χ4v) is 2.38. The van der Waals surface area contributed by atoms with E-state index in [4.69, 9.17) is 4.42 Å². The lowest BCUT2D eigenvalue weighted by atomic mass is 9.83. The number of rotatable bonds is 3. The predicted octanol–water partition coefficient (Wildman–Crippen LogP) is 1.60. The summed E-state index contributed by atoms with van der Waals surface area (Å²) in [6, 6.07) is 1.79. The van der Waals surface area contributed by atoms with Crippen molar-refractivity contribution >= 4 is 11.7 Å². The van der Waals surface area contributed by atoms with Gasteiger partial charge in [-0.1, -0.05) is 11.6 Å². The molecular formula is C14H16N4O3. The smallest absolute Gasteiger partial charge is 0.349 e. The first-order valence-corrected chi connectivity index (χ1v) is 6.87. The fourth-order valence-electron chi connectivity index (χ4n) is 2.38. The molecule has 1 saturated carbocycles. The molecular weight excluding hydrogens is 272 g/mol. The number of aryl methyl sites for hydroxylation is 2. The molecule has 1 amide bonds. The molecule has 0 aliphatic heterocycles. The molecule has 1 aliphatic carbocycles. The Balaban J connectivity index is 1.87. The second-order valence-electron chi connectivity index (χ2n) is 5.35. The summed E-state index contributed by atoms with van der Waals surface area (Å²) in [5, 5.41) is 10.0. The fraction of sp³-hybridized carbons (Fsp3) is 0.429. The Kier molecular flexibility index (Phi) is 3.32. The Morgan fingerprint density at radius 3 is 2.76 bits per heavy atom. The Labute approximate surface area is 121 Å². The van der Waals surface area contributed by atoms with E-state index in [1.165, 1.54) is 4.68 Å². The molecule has 2 heterocycles. The molecule has 21 heavy (non-hydrogen) atoms. The van der Waals surface area contributed by atoms with E-state index in [0.29, 0.717) is 23.1 Å². The Morgan fingerprint density at radius 1 is 1.48 bits per heavy atom. The van der Waals surface area contributed by atoms with E-state index in [2.05, 4.69) is 15.6 Å². The van der Waals surface area contributed by atoms with E-state index in [1.54, 1.807) is 26.2 Å². The molecule has 0 spiro atoms. The number of amides is 1. The zero-order valence-electron chi connectivity index (χ0n) is 11.9. The quantitative estimate of drug-likeness (QED) is 0.926. The molecule has 0 saturated heterocycles. The lowest BCUT2D eigenvalue weighted by molar-refractivity contribution is 0.102. The molecule has 3 rings (SSSR count). The molecule has 7 heteroatoms. The van der Waals surface area contributed by atoms with E-state index >= 15 is 0 Å². The minimum atomic E-state index is -0.599. The molecule has 0 unspecified atom stereocenters. The van der Waals surface area contributed by atoms with Crippen LogP contribution in [0.1, 0.15) is 46.9 Å². The summed E-state index contributed by atoms with van der Waals surface area (Å²) in [4.78, 5) is 24.3. The van der Waals surface area contributed by atoms with Crippen molar-refractivity contribution in [2.24, 2.45) is 7.05 Å². The number of anilines is 1. The lowest BCUT2D eigenvalue weighted by Gasteiger charge is -2.24. The molecule has 2 aromatic heterocycles. The van der Waals surface area contributed by atoms with Crippen LogP contribution in [0, 0.1) is 6.92 Å². The van der Waals surface area contributed by atoms with Gasteiger partial charge in [0.15, 0.2) is 5.82 Å². The van der Waals surface area contributed by atoms with Gasteiger partial charge in [0.05, 0.1) is 6.20 Å². The van der Waals surface area contributed by atoms with Crippen molar-refractivity contribution in [3.05, 3.63) is 39.6 Å². The second kappa shape index (κ2) is 5.16. The number of carbonyl (C=O) groups is 1. The van der Waals surface area contributed by atoms with Crippen molar-refractivity contribution in [3.63, 3.8) is 0 Å². The Hall–Kier alpha value is -2.44. The minimum Gasteiger partial charge on any atom is -0.427 e. The Morgan fingerprint density at radius 2 is 2.24 bits per heavy atom. The van der Waals surface area contributed by atoms with Crippen molar-refractivity contribution in [3.8, 4) is 0 Å². The average molecular weight is 288 g/mol. The topological polar surface area (TPSA) is 90.0 Å². The van der Waals surface area contributed by atoms with Crippen LogP contribution in [0.3, 0.4) is 0 Å². The molecule has 2 aromatic rings. The second-order valence-corrected chi connectivity index (χ2v) is 5.35. The van der Waals surface area contributed by atoms with Crippen LogP contribution < -0.4 is 10.9 Å². The van der Waals surface area contributed by atoms with Crippen LogP contribution >= 0.6 is 0 Å². The summed E-state index contributed by atoms with van der Waals surface area (Å²) in [7, 11) is 1.69. The van der Waals surface area contributed by atoms with Gasteiger partial charge in [0.25, 0.3) is 5.91 Å². The number of nitrogens with one attached hydrogen (secondary N) is 1. The highest BCUT2D eigenvalue weighted by Gasteiger charge is 2.25. The maximum absolute atomic E-state index is 12.2. The Bertz CT molecular complexity index is 743. The van der Waals surface area contributed by atoms with Crippen LogP contribution in [0.2, 0.25) is 0 Å². The van der Waals surface area contributed by atoms with E-state index in [-0.39, 0.29) is 5.56 Å². The van der Waals surface area contributed by atoms with Crippen LogP contribution in [0.5, 0.6) is 0 Å². The highest BCUT2D eigenvalue weighted by molar-refractivity contribution is 6.04. The van der Waals surface area contributed by atoms with Gasteiger partial charge in [-0.2, -0.15) is 0 Å². The van der Waals surface area contributed by atoms with Crippen LogP contribution in [-0.4, -0.2) is 20.9 Å². The van der Waals surface area contributed by atoms with Crippen molar-refractivity contribution < 1.29 is 9.21 Å². The maximum Gasteiger partial charge on any atom is 0.349 e. The zero-order valence-corrected chi connectivity index (χ0v) is 11.9. The molecule has 1 aliphatic rings. The molecule has 0 atom stereocenters. The minimum absolute atomic E-state index is 0.0173. The van der Waals surface area contributed by atoms with Gasteiger partial charge in [-0.3, -0.25) is 9.48 Å². The first-order valence-electron chi connectivity index (χ1n) is 6.87. The van der Waals surface area contributed by atoms with Gasteiger partial charge in [0, 0.05) is 13.0 Å². The third-order valence-corrected chi connectivity index (χ3v) is 3.75. The molecule has 0 aromatic carbocycles. The van der Waals surface area contributed by atoms with Gasteiger partial charge in [-0.15, -0.1) is 5.10 Å². The monoisotopic (exact) mass is 288 g/mol. The normalized spacial score (nSPS) is 14.8. The van der Waals surface area contributed by atoms with Gasteiger partial charge in [0.1, 0.15) is 11.3 Å². The highest BCUT2D eigenvalue weighted by atomic mass is 16.4. The first-order chi connectivity index (χ1) is 10.0. The molecule has 0 bridgehead atoms. The average Bonchev–Trinajstić information content (AvgIpc) is 2.71. The van der Waals surface area contributed by atoms with Gasteiger partial charge in [-0.25, -0.2) is 4.79 Å². The van der Waals surface area contributed by atoms with E-state index in [1.807, 2.05) is 0 Å². The largest absolute Gasteiger partial charge is 0.427 e. The third kappa shape index (κ3) is 2.58. The van der Waals surface area contributed by atoms with Gasteiger partial charge in [-0.05, 0) is 31.4 Å². The van der Waals surface area contributed by atoms with E-state index in [0.717, 1.165) is 19.3 Å². The summed E-state index contributed by atoms with van der Waals surface area (Å²) in [5.41, 5.74) is 0.0385. The maximum atomic E-state index is 12.2. The number of carbonyl (C=O) groups excluding carboxylic acids is 1. The molecule has 1 fully saturated rings. The van der Waals surface area contributed by atoms with Crippen LogP contribution in [-0.2, 0) is 7.05 Å². The van der Waals surface area contributed by atoms with Gasteiger partial charge in [0.2, 0.25) is 0 Å². The van der Waals surface area contributed by atoms with Crippen LogP contribution in [0.4, 0.5) is 5.82 Å². The first kappa shape index (κ1) is 13.5. The number of hydrogen-bond donors (Lipinski definition) is 1. The van der Waals surface area contributed by atoms with Crippen molar-refractivity contribution in [1.29, 1.82) is 0 Å². The summed E-state index contributed by atoms with van der Waals surface area (Å²) >= 11 is 0. The summed E-state index contributed by atoms with van der Waals surface area (Å²) < 4.78 is 6.76. The van der Waals surface area contributed by atoms with Crippen LogP contribution in [0.25, 0.3) is 0 Å². The van der Waals surface area contributed by atoms with Gasteiger partial charge < -0.3 is 9.73 Å². The van der Waals surface area contributed by atoms with E-state index < -0.39 is 11.5 Å². The number of nitrogens with zero attached hydrogens (tertiary/aromatic N) is 3. The SMILES string of the molecule is Cc1cc(C2CCC2)oc(=O)c1C(=O)Nc1cn(C)nn1. The van der Waals surface area contributed by atoms with Crippen molar-refractivity contribution in [2.45, 2.75) is 32.1 Å². The van der Waals surface area contributed by atoms with Crippen molar-refractivity contribution in [1.82, 2.24) is 15.0 Å². The highest BCUT2D eigenvalue weighted by Crippen LogP contribution is 2.36.